The van der Waals surface area contributed by atoms with E-state index in [1.54, 1.807) is 0 Å². The van der Waals surface area contributed by atoms with Crippen LogP contribution in [0.15, 0.2) is 16.6 Å². The molecule has 2 rings (SSSR count). The predicted octanol–water partition coefficient (Wildman–Crippen LogP) is 3.02. The number of hydrogen-bond donors (Lipinski definition) is 0. The summed E-state index contributed by atoms with van der Waals surface area (Å²) in [6.45, 7) is 2.13. The third-order valence-electron chi connectivity index (χ3n) is 1.83. The molecule has 2 nitrogen and oxygen atoms in total. The fraction of sp³-hybridized carbons (Fsp3) is 0.250. The monoisotopic (exact) mass is 242 g/mol. The molecule has 0 unspecified atom stereocenters. The fourth-order valence-corrected chi connectivity index (χ4v) is 2.29. The van der Waals surface area contributed by atoms with E-state index >= 15 is 0 Å². The van der Waals surface area contributed by atoms with Gasteiger partial charge in [-0.1, -0.05) is 13.0 Å². The summed E-state index contributed by atoms with van der Waals surface area (Å²) >= 11 is 4.71. The minimum atomic E-state index is 0.986. The van der Waals surface area contributed by atoms with Crippen molar-refractivity contribution in [3.63, 3.8) is 0 Å². The summed E-state index contributed by atoms with van der Waals surface area (Å²) in [6.07, 6.45) is 1.01. The fourth-order valence-electron chi connectivity index (χ4n) is 1.17. The second-order valence-corrected chi connectivity index (χ2v) is 3.90. The zero-order chi connectivity index (χ0) is 8.55. The van der Waals surface area contributed by atoms with E-state index in [1.165, 1.54) is 17.3 Å². The molecule has 0 aliphatic heterocycles. The number of benzene rings is 1. The summed E-state index contributed by atoms with van der Waals surface area (Å²) in [7, 11) is 0. The Morgan fingerprint density at radius 3 is 2.83 bits per heavy atom. The average molecular weight is 243 g/mol. The van der Waals surface area contributed by atoms with E-state index in [2.05, 4.69) is 37.7 Å². The van der Waals surface area contributed by atoms with Crippen molar-refractivity contribution in [3.8, 4) is 0 Å². The van der Waals surface area contributed by atoms with Crippen molar-refractivity contribution >= 4 is 38.7 Å². The number of rotatable bonds is 1. The van der Waals surface area contributed by atoms with Crippen LogP contribution in [0, 0.1) is 0 Å². The van der Waals surface area contributed by atoms with Gasteiger partial charge in [0.15, 0.2) is 0 Å². The molecule has 1 heterocycles. The van der Waals surface area contributed by atoms with E-state index in [1.807, 2.05) is 6.07 Å². The molecule has 0 amide bonds. The molecular weight excluding hydrogens is 236 g/mol. The molecule has 0 N–H and O–H groups in total. The summed E-state index contributed by atoms with van der Waals surface area (Å²) in [5, 5.41) is 0. The van der Waals surface area contributed by atoms with Crippen molar-refractivity contribution < 1.29 is 0 Å². The molecule has 2 aromatic rings. The molecule has 12 heavy (non-hydrogen) atoms. The molecular formula is C8H7BrN2S. The molecule has 0 saturated heterocycles. The quantitative estimate of drug-likeness (QED) is 0.769. The number of nitrogens with zero attached hydrogens (tertiary/aromatic N) is 2. The minimum Gasteiger partial charge on any atom is -0.173 e. The zero-order valence-corrected chi connectivity index (χ0v) is 8.94. The van der Waals surface area contributed by atoms with Crippen molar-refractivity contribution in [2.45, 2.75) is 13.3 Å². The van der Waals surface area contributed by atoms with E-state index in [-0.39, 0.29) is 0 Å². The molecule has 4 heteroatoms. The van der Waals surface area contributed by atoms with Crippen molar-refractivity contribution in [1.29, 1.82) is 0 Å². The first kappa shape index (κ1) is 8.13. The summed E-state index contributed by atoms with van der Waals surface area (Å²) in [6, 6.07) is 4.12. The molecule has 0 aliphatic rings. The Hall–Kier alpha value is -0.480. The Kier molecular flexibility index (Phi) is 2.11. The first-order chi connectivity index (χ1) is 5.83. The topological polar surface area (TPSA) is 25.8 Å². The molecule has 0 spiro atoms. The van der Waals surface area contributed by atoms with E-state index in [0.717, 1.165) is 21.9 Å². The summed E-state index contributed by atoms with van der Waals surface area (Å²) in [5.41, 5.74) is 3.29. The highest BCUT2D eigenvalue weighted by Gasteiger charge is 2.06. The number of halogens is 1. The summed E-state index contributed by atoms with van der Waals surface area (Å²) < 4.78 is 9.49. The highest BCUT2D eigenvalue weighted by molar-refractivity contribution is 9.10. The molecule has 1 aromatic carbocycles. The first-order valence-corrected chi connectivity index (χ1v) is 5.25. The number of aryl methyl sites for hydroxylation is 1. The lowest BCUT2D eigenvalue weighted by Crippen LogP contribution is -1.82. The molecule has 0 aliphatic carbocycles. The van der Waals surface area contributed by atoms with Gasteiger partial charge in [-0.25, -0.2) is 0 Å². The molecule has 1 aromatic heterocycles. The van der Waals surface area contributed by atoms with E-state index in [0.29, 0.717) is 0 Å². The SMILES string of the molecule is CCc1ccc(Br)c2nsnc12. The Balaban J connectivity index is 2.82. The number of hydrogen-bond acceptors (Lipinski definition) is 3. The smallest absolute Gasteiger partial charge is 0.119 e. The van der Waals surface area contributed by atoms with Crippen LogP contribution in [0.2, 0.25) is 0 Å². The Morgan fingerprint density at radius 2 is 2.08 bits per heavy atom. The van der Waals surface area contributed by atoms with Gasteiger partial charge in [-0.05, 0) is 34.0 Å². The zero-order valence-electron chi connectivity index (χ0n) is 6.54. The highest BCUT2D eigenvalue weighted by Crippen LogP contribution is 2.25. The summed E-state index contributed by atoms with van der Waals surface area (Å²) in [5.74, 6) is 0. The maximum Gasteiger partial charge on any atom is 0.119 e. The van der Waals surface area contributed by atoms with Gasteiger partial charge >= 0.3 is 0 Å². The lowest BCUT2D eigenvalue weighted by atomic mass is 10.1. The van der Waals surface area contributed by atoms with Gasteiger partial charge in [-0.3, -0.25) is 0 Å². The van der Waals surface area contributed by atoms with Gasteiger partial charge in [0.1, 0.15) is 11.0 Å². The first-order valence-electron chi connectivity index (χ1n) is 3.72. The van der Waals surface area contributed by atoms with Crippen molar-refractivity contribution in [1.82, 2.24) is 8.75 Å². The Labute approximate surface area is 83.1 Å². The Bertz CT molecular complexity index is 410. The molecule has 62 valence electrons. The van der Waals surface area contributed by atoms with E-state index in [9.17, 15) is 0 Å². The second-order valence-electron chi connectivity index (χ2n) is 2.52. The van der Waals surface area contributed by atoms with Gasteiger partial charge in [0.05, 0.1) is 11.7 Å². The standard InChI is InChI=1S/C8H7BrN2S/c1-2-5-3-4-6(9)8-7(5)10-12-11-8/h3-4H,2H2,1H3. The van der Waals surface area contributed by atoms with Gasteiger partial charge in [0, 0.05) is 4.47 Å². The van der Waals surface area contributed by atoms with Crippen molar-refractivity contribution in [2.75, 3.05) is 0 Å². The van der Waals surface area contributed by atoms with Crippen LogP contribution in [-0.2, 0) is 6.42 Å². The number of fused-ring (bicyclic) bond motifs is 1. The van der Waals surface area contributed by atoms with Gasteiger partial charge in [0.2, 0.25) is 0 Å². The summed E-state index contributed by atoms with van der Waals surface area (Å²) in [4.78, 5) is 0. The normalized spacial score (nSPS) is 10.8. The maximum atomic E-state index is 4.25. The van der Waals surface area contributed by atoms with Crippen LogP contribution in [-0.4, -0.2) is 8.75 Å². The Morgan fingerprint density at radius 1 is 1.33 bits per heavy atom. The lowest BCUT2D eigenvalue weighted by molar-refractivity contribution is 1.15. The van der Waals surface area contributed by atoms with Crippen molar-refractivity contribution in [2.24, 2.45) is 0 Å². The molecule has 0 saturated carbocycles. The average Bonchev–Trinajstić information content (AvgIpc) is 2.54. The molecule has 0 fully saturated rings. The molecule has 0 bridgehead atoms. The van der Waals surface area contributed by atoms with Gasteiger partial charge in [-0.2, -0.15) is 8.75 Å². The molecule has 0 atom stereocenters. The second kappa shape index (κ2) is 3.11. The largest absolute Gasteiger partial charge is 0.173 e. The van der Waals surface area contributed by atoms with Crippen LogP contribution in [0.5, 0.6) is 0 Å². The van der Waals surface area contributed by atoms with Gasteiger partial charge < -0.3 is 0 Å². The lowest BCUT2D eigenvalue weighted by Gasteiger charge is -1.97. The third-order valence-corrected chi connectivity index (χ3v) is 3.00. The van der Waals surface area contributed by atoms with Crippen LogP contribution in [0.4, 0.5) is 0 Å². The van der Waals surface area contributed by atoms with Crippen LogP contribution in [0.1, 0.15) is 12.5 Å². The third kappa shape index (κ3) is 1.15. The van der Waals surface area contributed by atoms with Crippen LogP contribution >= 0.6 is 27.7 Å². The van der Waals surface area contributed by atoms with Gasteiger partial charge in [0.25, 0.3) is 0 Å². The predicted molar refractivity (Wildman–Crippen MR) is 54.5 cm³/mol. The van der Waals surface area contributed by atoms with Crippen LogP contribution in [0.3, 0.4) is 0 Å². The van der Waals surface area contributed by atoms with Crippen LogP contribution < -0.4 is 0 Å². The van der Waals surface area contributed by atoms with Crippen molar-refractivity contribution in [3.05, 3.63) is 22.2 Å². The van der Waals surface area contributed by atoms with E-state index in [4.69, 9.17) is 0 Å². The van der Waals surface area contributed by atoms with E-state index < -0.39 is 0 Å². The maximum absolute atomic E-state index is 4.25. The van der Waals surface area contributed by atoms with Gasteiger partial charge in [-0.15, -0.1) is 0 Å². The molecule has 0 radical (unpaired) electrons. The number of aromatic nitrogens is 2. The minimum absolute atomic E-state index is 0.986. The van der Waals surface area contributed by atoms with Crippen LogP contribution in [0.25, 0.3) is 11.0 Å². The highest BCUT2D eigenvalue weighted by atomic mass is 79.9.